The van der Waals surface area contributed by atoms with Gasteiger partial charge in [0.2, 0.25) is 0 Å². The molecule has 24 heavy (non-hydrogen) atoms. The third-order valence-electron chi connectivity index (χ3n) is 3.13. The molecular formula is C18H22ClN3O2. The van der Waals surface area contributed by atoms with Crippen molar-refractivity contribution >= 4 is 29.1 Å². The van der Waals surface area contributed by atoms with Crippen LogP contribution in [0.25, 0.3) is 0 Å². The van der Waals surface area contributed by atoms with Crippen molar-refractivity contribution in [2.75, 3.05) is 12.4 Å². The zero-order valence-corrected chi connectivity index (χ0v) is 15.1. The number of benzene rings is 1. The van der Waals surface area contributed by atoms with Crippen LogP contribution in [0.15, 0.2) is 42.7 Å². The first kappa shape index (κ1) is 18.1. The number of amides is 1. The van der Waals surface area contributed by atoms with Gasteiger partial charge in [-0.05, 0) is 50.6 Å². The van der Waals surface area contributed by atoms with Crippen LogP contribution in [0.5, 0.6) is 0 Å². The number of hydrogen-bond acceptors (Lipinski definition) is 4. The normalized spacial score (nSPS) is 11.0. The molecule has 0 radical (unpaired) electrons. The molecule has 0 aliphatic heterocycles. The van der Waals surface area contributed by atoms with Gasteiger partial charge in [-0.3, -0.25) is 4.98 Å². The molecule has 0 unspecified atom stereocenters. The average molecular weight is 348 g/mol. The van der Waals surface area contributed by atoms with Crippen LogP contribution in [0.4, 0.5) is 16.2 Å². The van der Waals surface area contributed by atoms with E-state index in [2.05, 4.69) is 10.3 Å². The number of carbonyl (C=O) groups is 1. The molecule has 1 N–H and O–H groups in total. The van der Waals surface area contributed by atoms with Gasteiger partial charge < -0.3 is 15.0 Å². The van der Waals surface area contributed by atoms with Crippen LogP contribution in [-0.2, 0) is 11.3 Å². The van der Waals surface area contributed by atoms with Gasteiger partial charge in [0.05, 0.1) is 18.4 Å². The molecule has 128 valence electrons. The molecule has 1 heterocycles. The second-order valence-electron chi connectivity index (χ2n) is 6.50. The van der Waals surface area contributed by atoms with Crippen LogP contribution in [0, 0.1) is 0 Å². The molecule has 1 amide bonds. The van der Waals surface area contributed by atoms with Gasteiger partial charge in [-0.15, -0.1) is 0 Å². The monoisotopic (exact) mass is 347 g/mol. The first-order valence-electron chi connectivity index (χ1n) is 7.64. The van der Waals surface area contributed by atoms with Gasteiger partial charge >= 0.3 is 6.09 Å². The Kier molecular flexibility index (Phi) is 5.67. The maximum atomic E-state index is 12.1. The lowest BCUT2D eigenvalue weighted by Crippen LogP contribution is -2.33. The summed E-state index contributed by atoms with van der Waals surface area (Å²) in [5.74, 6) is 0. The summed E-state index contributed by atoms with van der Waals surface area (Å²) in [6, 6.07) is 9.30. The summed E-state index contributed by atoms with van der Waals surface area (Å²) in [6.45, 7) is 5.94. The van der Waals surface area contributed by atoms with Crippen LogP contribution in [-0.4, -0.2) is 28.6 Å². The molecule has 2 rings (SSSR count). The lowest BCUT2D eigenvalue weighted by Gasteiger charge is -2.25. The van der Waals surface area contributed by atoms with E-state index in [4.69, 9.17) is 16.3 Å². The largest absolute Gasteiger partial charge is 0.444 e. The summed E-state index contributed by atoms with van der Waals surface area (Å²) in [4.78, 5) is 17.8. The molecular weight excluding hydrogens is 326 g/mol. The lowest BCUT2D eigenvalue weighted by molar-refractivity contribution is 0.0285. The molecule has 5 nitrogen and oxygen atoms in total. The Labute approximate surface area is 147 Å². The van der Waals surface area contributed by atoms with Gasteiger partial charge in [0.1, 0.15) is 5.60 Å². The molecule has 0 saturated heterocycles. The summed E-state index contributed by atoms with van der Waals surface area (Å²) in [5.41, 5.74) is 2.08. The molecule has 0 saturated carbocycles. The number of hydrogen-bond donors (Lipinski definition) is 1. The van der Waals surface area contributed by atoms with Gasteiger partial charge in [0.25, 0.3) is 0 Å². The van der Waals surface area contributed by atoms with E-state index in [0.29, 0.717) is 11.6 Å². The van der Waals surface area contributed by atoms with Crippen molar-refractivity contribution in [1.29, 1.82) is 0 Å². The third kappa shape index (κ3) is 5.42. The molecule has 1 aromatic heterocycles. The number of nitrogens with zero attached hydrogens (tertiary/aromatic N) is 2. The highest BCUT2D eigenvalue weighted by molar-refractivity contribution is 6.30. The summed E-state index contributed by atoms with van der Waals surface area (Å²) >= 11 is 6.01. The second-order valence-corrected chi connectivity index (χ2v) is 6.94. The highest BCUT2D eigenvalue weighted by atomic mass is 35.5. The van der Waals surface area contributed by atoms with Crippen molar-refractivity contribution in [3.63, 3.8) is 0 Å². The molecule has 0 fully saturated rings. The SMILES string of the molecule is CN(Cc1ccncc1Nc1cccc(Cl)c1)C(=O)OC(C)(C)C. The van der Waals surface area contributed by atoms with E-state index in [1.165, 1.54) is 4.90 Å². The summed E-state index contributed by atoms with van der Waals surface area (Å²) in [5, 5.41) is 3.93. The van der Waals surface area contributed by atoms with Crippen molar-refractivity contribution in [1.82, 2.24) is 9.88 Å². The van der Waals surface area contributed by atoms with E-state index in [1.807, 2.05) is 51.1 Å². The van der Waals surface area contributed by atoms with E-state index in [1.54, 1.807) is 19.4 Å². The van der Waals surface area contributed by atoms with Crippen LogP contribution >= 0.6 is 11.6 Å². The number of ether oxygens (including phenoxy) is 1. The Hall–Kier alpha value is -2.27. The van der Waals surface area contributed by atoms with Crippen LogP contribution in [0.2, 0.25) is 5.02 Å². The predicted octanol–water partition coefficient (Wildman–Crippen LogP) is 4.85. The minimum Gasteiger partial charge on any atom is -0.444 e. The van der Waals surface area contributed by atoms with Gasteiger partial charge in [0, 0.05) is 24.0 Å². The minimum absolute atomic E-state index is 0.368. The zero-order chi connectivity index (χ0) is 17.7. The first-order valence-corrected chi connectivity index (χ1v) is 8.02. The highest BCUT2D eigenvalue weighted by Crippen LogP contribution is 2.23. The molecule has 0 aliphatic rings. The summed E-state index contributed by atoms with van der Waals surface area (Å²) in [7, 11) is 1.71. The number of anilines is 2. The van der Waals surface area contributed by atoms with E-state index >= 15 is 0 Å². The Morgan fingerprint density at radius 1 is 1.33 bits per heavy atom. The quantitative estimate of drug-likeness (QED) is 0.859. The fraction of sp³-hybridized carbons (Fsp3) is 0.333. The van der Waals surface area contributed by atoms with E-state index in [9.17, 15) is 4.79 Å². The number of carbonyl (C=O) groups excluding carboxylic acids is 1. The maximum absolute atomic E-state index is 12.1. The molecule has 0 bridgehead atoms. The molecule has 2 aromatic rings. The second kappa shape index (κ2) is 7.53. The third-order valence-corrected chi connectivity index (χ3v) is 3.36. The van der Waals surface area contributed by atoms with Crippen molar-refractivity contribution in [2.45, 2.75) is 32.9 Å². The molecule has 1 aromatic carbocycles. The van der Waals surface area contributed by atoms with Gasteiger partial charge in [-0.25, -0.2) is 4.79 Å². The summed E-state index contributed by atoms with van der Waals surface area (Å²) < 4.78 is 5.38. The minimum atomic E-state index is -0.522. The standard InChI is InChI=1S/C18H22ClN3O2/c1-18(2,3)24-17(23)22(4)12-13-8-9-20-11-16(13)21-15-7-5-6-14(19)10-15/h5-11,21H,12H2,1-4H3. The fourth-order valence-corrected chi connectivity index (χ4v) is 2.25. The van der Waals surface area contributed by atoms with Gasteiger partial charge in [-0.2, -0.15) is 0 Å². The van der Waals surface area contributed by atoms with Crippen LogP contribution in [0.1, 0.15) is 26.3 Å². The van der Waals surface area contributed by atoms with Crippen molar-refractivity contribution in [3.05, 3.63) is 53.3 Å². The first-order chi connectivity index (χ1) is 11.2. The fourth-order valence-electron chi connectivity index (χ4n) is 2.06. The van der Waals surface area contributed by atoms with Crippen molar-refractivity contribution in [3.8, 4) is 0 Å². The maximum Gasteiger partial charge on any atom is 0.410 e. The zero-order valence-electron chi connectivity index (χ0n) is 14.3. The van der Waals surface area contributed by atoms with Gasteiger partial charge in [-0.1, -0.05) is 17.7 Å². The number of nitrogens with one attached hydrogen (secondary N) is 1. The Balaban J connectivity index is 2.12. The van der Waals surface area contributed by atoms with Crippen molar-refractivity contribution in [2.24, 2.45) is 0 Å². The summed E-state index contributed by atoms with van der Waals surface area (Å²) in [6.07, 6.45) is 3.05. The molecule has 6 heteroatoms. The number of pyridine rings is 1. The Morgan fingerprint density at radius 2 is 2.08 bits per heavy atom. The van der Waals surface area contributed by atoms with E-state index in [0.717, 1.165) is 16.9 Å². The number of rotatable bonds is 4. The van der Waals surface area contributed by atoms with E-state index in [-0.39, 0.29) is 6.09 Å². The smallest absolute Gasteiger partial charge is 0.410 e. The molecule has 0 atom stereocenters. The lowest BCUT2D eigenvalue weighted by atomic mass is 10.2. The van der Waals surface area contributed by atoms with E-state index < -0.39 is 5.60 Å². The topological polar surface area (TPSA) is 54.5 Å². The Bertz CT molecular complexity index is 713. The number of halogens is 1. The van der Waals surface area contributed by atoms with Crippen LogP contribution in [0.3, 0.4) is 0 Å². The molecule has 0 spiro atoms. The Morgan fingerprint density at radius 3 is 2.75 bits per heavy atom. The van der Waals surface area contributed by atoms with Crippen LogP contribution < -0.4 is 5.32 Å². The van der Waals surface area contributed by atoms with Gasteiger partial charge in [0.15, 0.2) is 0 Å². The predicted molar refractivity (Wildman–Crippen MR) is 96.7 cm³/mol. The molecule has 0 aliphatic carbocycles. The number of aromatic nitrogens is 1. The average Bonchev–Trinajstić information content (AvgIpc) is 2.47. The van der Waals surface area contributed by atoms with Crippen molar-refractivity contribution < 1.29 is 9.53 Å². The highest BCUT2D eigenvalue weighted by Gasteiger charge is 2.20.